The predicted octanol–water partition coefficient (Wildman–Crippen LogP) is 5.09. The number of hydrogen-bond acceptors (Lipinski definition) is 2. The van der Waals surface area contributed by atoms with Gasteiger partial charge in [0.15, 0.2) is 0 Å². The third kappa shape index (κ3) is 5.15. The first-order valence-electron chi connectivity index (χ1n) is 7.57. The molecule has 0 aromatic heterocycles. The van der Waals surface area contributed by atoms with Crippen LogP contribution in [0.15, 0.2) is 48.5 Å². The highest BCUT2D eigenvalue weighted by atomic mass is 35.5. The smallest absolute Gasteiger partial charge is 0.248 e. The number of halogens is 1. The van der Waals surface area contributed by atoms with Crippen molar-refractivity contribution >= 4 is 29.3 Å². The number of amides is 1. The van der Waals surface area contributed by atoms with E-state index in [-0.39, 0.29) is 5.91 Å². The molecule has 0 aliphatic heterocycles. The second kappa shape index (κ2) is 8.39. The van der Waals surface area contributed by atoms with Gasteiger partial charge in [-0.15, -0.1) is 0 Å². The highest BCUT2D eigenvalue weighted by molar-refractivity contribution is 6.31. The van der Waals surface area contributed by atoms with Crippen molar-refractivity contribution in [2.24, 2.45) is 0 Å². The van der Waals surface area contributed by atoms with Crippen molar-refractivity contribution in [3.63, 3.8) is 0 Å². The average Bonchev–Trinajstić information content (AvgIpc) is 2.56. The van der Waals surface area contributed by atoms with Crippen LogP contribution in [0.5, 0.6) is 5.75 Å². The van der Waals surface area contributed by atoms with Gasteiger partial charge in [0.25, 0.3) is 0 Å². The molecule has 120 valence electrons. The summed E-state index contributed by atoms with van der Waals surface area (Å²) in [5, 5.41) is 3.46. The molecule has 0 saturated heterocycles. The van der Waals surface area contributed by atoms with E-state index in [0.717, 1.165) is 29.0 Å². The van der Waals surface area contributed by atoms with Gasteiger partial charge in [0.1, 0.15) is 5.75 Å². The summed E-state index contributed by atoms with van der Waals surface area (Å²) in [7, 11) is 0. The monoisotopic (exact) mass is 329 g/mol. The maximum atomic E-state index is 12.0. The number of nitrogens with one attached hydrogen (secondary N) is 1. The zero-order valence-corrected chi connectivity index (χ0v) is 14.1. The van der Waals surface area contributed by atoms with E-state index >= 15 is 0 Å². The van der Waals surface area contributed by atoms with Gasteiger partial charge in [-0.1, -0.05) is 36.7 Å². The van der Waals surface area contributed by atoms with Gasteiger partial charge in [0, 0.05) is 16.8 Å². The van der Waals surface area contributed by atoms with Crippen molar-refractivity contribution in [3.05, 3.63) is 64.7 Å². The molecule has 4 heteroatoms. The van der Waals surface area contributed by atoms with E-state index in [1.54, 1.807) is 12.1 Å². The van der Waals surface area contributed by atoms with E-state index < -0.39 is 0 Å². The molecule has 2 aromatic rings. The number of carbonyl (C=O) groups excluding carboxylic acids is 1. The molecular formula is C19H20ClNO2. The second-order valence-corrected chi connectivity index (χ2v) is 5.56. The fourth-order valence-electron chi connectivity index (χ4n) is 1.98. The Bertz CT molecular complexity index is 693. The Morgan fingerprint density at radius 2 is 1.96 bits per heavy atom. The lowest BCUT2D eigenvalue weighted by atomic mass is 10.2. The molecule has 3 nitrogen and oxygen atoms in total. The lowest BCUT2D eigenvalue weighted by Crippen LogP contribution is -2.08. The minimum atomic E-state index is -0.193. The maximum Gasteiger partial charge on any atom is 0.248 e. The Hall–Kier alpha value is -2.26. The number of carbonyl (C=O) groups is 1. The Morgan fingerprint density at radius 3 is 2.65 bits per heavy atom. The lowest BCUT2D eigenvalue weighted by molar-refractivity contribution is -0.111. The Balaban J connectivity index is 1.96. The predicted molar refractivity (Wildman–Crippen MR) is 96.1 cm³/mol. The van der Waals surface area contributed by atoms with Crippen LogP contribution in [-0.4, -0.2) is 12.5 Å². The van der Waals surface area contributed by atoms with E-state index in [1.807, 2.05) is 43.3 Å². The van der Waals surface area contributed by atoms with Crippen molar-refractivity contribution in [3.8, 4) is 5.75 Å². The van der Waals surface area contributed by atoms with Gasteiger partial charge in [-0.2, -0.15) is 0 Å². The molecule has 1 N–H and O–H groups in total. The zero-order chi connectivity index (χ0) is 16.7. The van der Waals surface area contributed by atoms with E-state index in [4.69, 9.17) is 16.3 Å². The van der Waals surface area contributed by atoms with Crippen molar-refractivity contribution in [1.82, 2.24) is 0 Å². The van der Waals surface area contributed by atoms with Gasteiger partial charge in [-0.25, -0.2) is 0 Å². The number of hydrogen-bond donors (Lipinski definition) is 1. The first-order valence-corrected chi connectivity index (χ1v) is 7.95. The summed E-state index contributed by atoms with van der Waals surface area (Å²) in [5.74, 6) is 0.643. The normalized spacial score (nSPS) is 10.7. The first-order chi connectivity index (χ1) is 11.1. The SMILES string of the molecule is CCCOc1ccc(C=CC(=O)Nc2cccc(Cl)c2C)cc1. The molecule has 0 saturated carbocycles. The Morgan fingerprint density at radius 1 is 1.22 bits per heavy atom. The van der Waals surface area contributed by atoms with Gasteiger partial charge in [-0.05, 0) is 54.8 Å². The van der Waals surface area contributed by atoms with Gasteiger partial charge in [-0.3, -0.25) is 4.79 Å². The summed E-state index contributed by atoms with van der Waals surface area (Å²) >= 11 is 6.04. The minimum Gasteiger partial charge on any atom is -0.494 e. The number of benzene rings is 2. The summed E-state index contributed by atoms with van der Waals surface area (Å²) in [4.78, 5) is 12.0. The average molecular weight is 330 g/mol. The van der Waals surface area contributed by atoms with E-state index in [1.165, 1.54) is 6.08 Å². The molecule has 0 spiro atoms. The van der Waals surface area contributed by atoms with Crippen LogP contribution in [0.2, 0.25) is 5.02 Å². The first kappa shape index (κ1) is 17.1. The summed E-state index contributed by atoms with van der Waals surface area (Å²) in [6, 6.07) is 13.1. The molecule has 0 aliphatic carbocycles. The topological polar surface area (TPSA) is 38.3 Å². The van der Waals surface area contributed by atoms with E-state index in [2.05, 4.69) is 12.2 Å². The Kier molecular flexibility index (Phi) is 6.24. The number of ether oxygens (including phenoxy) is 1. The quantitative estimate of drug-likeness (QED) is 0.750. The van der Waals surface area contributed by atoms with Crippen molar-refractivity contribution in [2.75, 3.05) is 11.9 Å². The molecule has 0 heterocycles. The fourth-order valence-corrected chi connectivity index (χ4v) is 2.16. The van der Waals surface area contributed by atoms with E-state index in [9.17, 15) is 4.79 Å². The largest absolute Gasteiger partial charge is 0.494 e. The summed E-state index contributed by atoms with van der Waals surface area (Å²) < 4.78 is 5.52. The van der Waals surface area contributed by atoms with Crippen LogP contribution in [0.1, 0.15) is 24.5 Å². The lowest BCUT2D eigenvalue weighted by Gasteiger charge is -2.07. The molecule has 0 unspecified atom stereocenters. The molecule has 0 radical (unpaired) electrons. The van der Waals surface area contributed by atoms with Gasteiger partial charge in [0.05, 0.1) is 6.61 Å². The molecule has 2 aromatic carbocycles. The second-order valence-electron chi connectivity index (χ2n) is 5.15. The summed E-state index contributed by atoms with van der Waals surface area (Å²) in [5.41, 5.74) is 2.51. The van der Waals surface area contributed by atoms with Crippen molar-refractivity contribution in [1.29, 1.82) is 0 Å². The highest BCUT2D eigenvalue weighted by Gasteiger charge is 2.04. The number of anilines is 1. The standard InChI is InChI=1S/C19H20ClNO2/c1-3-13-23-16-10-7-15(8-11-16)9-12-19(22)21-18-6-4-5-17(20)14(18)2/h4-12H,3,13H2,1-2H3,(H,21,22). The van der Waals surface area contributed by atoms with Crippen molar-refractivity contribution in [2.45, 2.75) is 20.3 Å². The Labute approximate surface area is 141 Å². The van der Waals surface area contributed by atoms with Crippen LogP contribution in [-0.2, 0) is 4.79 Å². The van der Waals surface area contributed by atoms with Crippen LogP contribution in [0.4, 0.5) is 5.69 Å². The fraction of sp³-hybridized carbons (Fsp3) is 0.211. The summed E-state index contributed by atoms with van der Waals surface area (Å²) in [6.45, 7) is 4.64. The molecule has 0 fully saturated rings. The van der Waals surface area contributed by atoms with Gasteiger partial charge in [0.2, 0.25) is 5.91 Å². The molecule has 0 aliphatic rings. The van der Waals surface area contributed by atoms with Gasteiger partial charge < -0.3 is 10.1 Å². The highest BCUT2D eigenvalue weighted by Crippen LogP contribution is 2.23. The minimum absolute atomic E-state index is 0.193. The third-order valence-electron chi connectivity index (χ3n) is 3.31. The van der Waals surface area contributed by atoms with Crippen LogP contribution >= 0.6 is 11.6 Å². The maximum absolute atomic E-state index is 12.0. The summed E-state index contributed by atoms with van der Waals surface area (Å²) in [6.07, 6.45) is 4.24. The van der Waals surface area contributed by atoms with Crippen LogP contribution in [0, 0.1) is 6.92 Å². The molecule has 0 atom stereocenters. The molecule has 23 heavy (non-hydrogen) atoms. The molecule has 1 amide bonds. The zero-order valence-electron chi connectivity index (χ0n) is 13.3. The molecular weight excluding hydrogens is 310 g/mol. The van der Waals surface area contributed by atoms with Gasteiger partial charge >= 0.3 is 0 Å². The van der Waals surface area contributed by atoms with Crippen LogP contribution < -0.4 is 10.1 Å². The van der Waals surface area contributed by atoms with Crippen molar-refractivity contribution < 1.29 is 9.53 Å². The van der Waals surface area contributed by atoms with E-state index in [0.29, 0.717) is 11.6 Å². The molecule has 0 bridgehead atoms. The van der Waals surface area contributed by atoms with Crippen LogP contribution in [0.25, 0.3) is 6.08 Å². The third-order valence-corrected chi connectivity index (χ3v) is 3.72. The molecule has 2 rings (SSSR count). The van der Waals surface area contributed by atoms with Crippen LogP contribution in [0.3, 0.4) is 0 Å². The number of rotatable bonds is 6.